The van der Waals surface area contributed by atoms with E-state index >= 15 is 0 Å². The highest BCUT2D eigenvalue weighted by atomic mass is 32.2. The number of amides is 1. The summed E-state index contributed by atoms with van der Waals surface area (Å²) < 4.78 is 12.9. The van der Waals surface area contributed by atoms with Gasteiger partial charge in [-0.05, 0) is 18.2 Å². The largest absolute Gasteiger partial charge is 0.398 e. The molecular weight excluding hydrogens is 215 g/mol. The summed E-state index contributed by atoms with van der Waals surface area (Å²) in [5.41, 5.74) is 6.19. The van der Waals surface area contributed by atoms with E-state index in [2.05, 4.69) is 5.32 Å². The van der Waals surface area contributed by atoms with Crippen LogP contribution in [-0.2, 0) is 4.79 Å². The van der Waals surface area contributed by atoms with E-state index in [-0.39, 0.29) is 11.7 Å². The van der Waals surface area contributed by atoms with Crippen molar-refractivity contribution in [1.82, 2.24) is 5.32 Å². The van der Waals surface area contributed by atoms with Crippen LogP contribution in [0.15, 0.2) is 23.1 Å². The van der Waals surface area contributed by atoms with Gasteiger partial charge in [0.1, 0.15) is 5.82 Å². The number of hydrogen-bond acceptors (Lipinski definition) is 3. The first kappa shape index (κ1) is 11.8. The van der Waals surface area contributed by atoms with Crippen molar-refractivity contribution >= 4 is 23.4 Å². The molecule has 1 aromatic rings. The van der Waals surface area contributed by atoms with Crippen molar-refractivity contribution < 1.29 is 9.18 Å². The maximum atomic E-state index is 12.9. The Morgan fingerprint density at radius 3 is 3.00 bits per heavy atom. The Morgan fingerprint density at radius 2 is 2.33 bits per heavy atom. The molecule has 0 radical (unpaired) electrons. The third kappa shape index (κ3) is 3.79. The number of nitrogen functional groups attached to an aromatic ring is 1. The van der Waals surface area contributed by atoms with Gasteiger partial charge in [0.2, 0.25) is 5.91 Å². The van der Waals surface area contributed by atoms with Crippen LogP contribution in [-0.4, -0.2) is 18.7 Å². The number of nitrogens with two attached hydrogens (primary N) is 1. The standard InChI is InChI=1S/C10H13FN2OS/c1-13-10(14)4-5-15-9-6-7(11)2-3-8(9)12/h2-3,6H,4-5,12H2,1H3,(H,13,14). The fourth-order valence-electron chi connectivity index (χ4n) is 1.01. The zero-order valence-corrected chi connectivity index (χ0v) is 9.23. The van der Waals surface area contributed by atoms with Crippen LogP contribution >= 0.6 is 11.8 Å². The summed E-state index contributed by atoms with van der Waals surface area (Å²) in [4.78, 5) is 11.6. The van der Waals surface area contributed by atoms with Crippen molar-refractivity contribution in [2.24, 2.45) is 0 Å². The molecule has 0 heterocycles. The number of nitrogens with one attached hydrogen (secondary N) is 1. The van der Waals surface area contributed by atoms with Crippen LogP contribution in [0.1, 0.15) is 6.42 Å². The van der Waals surface area contributed by atoms with Gasteiger partial charge in [0.05, 0.1) is 0 Å². The first-order valence-corrected chi connectivity index (χ1v) is 5.50. The first-order chi connectivity index (χ1) is 7.13. The zero-order valence-electron chi connectivity index (χ0n) is 8.42. The summed E-state index contributed by atoms with van der Waals surface area (Å²) in [6, 6.07) is 4.22. The van der Waals surface area contributed by atoms with E-state index in [9.17, 15) is 9.18 Å². The molecular formula is C10H13FN2OS. The van der Waals surface area contributed by atoms with Crippen LogP contribution in [0.3, 0.4) is 0 Å². The normalized spacial score (nSPS) is 10.0. The van der Waals surface area contributed by atoms with E-state index in [1.165, 1.54) is 30.0 Å². The lowest BCUT2D eigenvalue weighted by atomic mass is 10.3. The monoisotopic (exact) mass is 228 g/mol. The molecule has 0 saturated heterocycles. The molecule has 82 valence electrons. The molecule has 0 fully saturated rings. The minimum Gasteiger partial charge on any atom is -0.398 e. The second kappa shape index (κ2) is 5.60. The molecule has 1 aromatic carbocycles. The smallest absolute Gasteiger partial charge is 0.220 e. The quantitative estimate of drug-likeness (QED) is 0.608. The third-order valence-corrected chi connectivity index (χ3v) is 2.91. The number of halogens is 1. The van der Waals surface area contributed by atoms with Crippen LogP contribution in [0.5, 0.6) is 0 Å². The molecule has 0 unspecified atom stereocenters. The van der Waals surface area contributed by atoms with Crippen molar-refractivity contribution in [2.75, 3.05) is 18.5 Å². The summed E-state index contributed by atoms with van der Waals surface area (Å²) in [6.07, 6.45) is 0.400. The highest BCUT2D eigenvalue weighted by molar-refractivity contribution is 7.99. The summed E-state index contributed by atoms with van der Waals surface area (Å²) in [5, 5.41) is 2.52. The van der Waals surface area contributed by atoms with E-state index in [0.29, 0.717) is 22.8 Å². The van der Waals surface area contributed by atoms with Crippen LogP contribution < -0.4 is 11.1 Å². The molecule has 0 aliphatic carbocycles. The Bertz CT molecular complexity index is 357. The molecule has 0 atom stereocenters. The number of rotatable bonds is 4. The average Bonchev–Trinajstić information content (AvgIpc) is 2.23. The van der Waals surface area contributed by atoms with E-state index < -0.39 is 0 Å². The minimum absolute atomic E-state index is 0.0301. The van der Waals surface area contributed by atoms with Gasteiger partial charge in [-0.25, -0.2) is 4.39 Å². The van der Waals surface area contributed by atoms with Gasteiger partial charge < -0.3 is 11.1 Å². The van der Waals surface area contributed by atoms with Crippen molar-refractivity contribution in [1.29, 1.82) is 0 Å². The number of benzene rings is 1. The second-order valence-electron chi connectivity index (χ2n) is 2.95. The topological polar surface area (TPSA) is 55.1 Å². The Hall–Kier alpha value is -1.23. The summed E-state index contributed by atoms with van der Waals surface area (Å²) in [7, 11) is 1.59. The highest BCUT2D eigenvalue weighted by Crippen LogP contribution is 2.26. The molecule has 0 bridgehead atoms. The molecule has 5 heteroatoms. The molecule has 0 aliphatic heterocycles. The van der Waals surface area contributed by atoms with Gasteiger partial charge >= 0.3 is 0 Å². The average molecular weight is 228 g/mol. The molecule has 1 amide bonds. The van der Waals surface area contributed by atoms with Gasteiger partial charge in [-0.1, -0.05) is 0 Å². The van der Waals surface area contributed by atoms with E-state index in [1.807, 2.05) is 0 Å². The SMILES string of the molecule is CNC(=O)CCSc1cc(F)ccc1N. The molecule has 3 nitrogen and oxygen atoms in total. The molecule has 0 saturated carbocycles. The van der Waals surface area contributed by atoms with E-state index in [4.69, 9.17) is 5.73 Å². The minimum atomic E-state index is -0.313. The molecule has 0 aliphatic rings. The molecule has 1 rings (SSSR count). The lowest BCUT2D eigenvalue weighted by Gasteiger charge is -2.04. The van der Waals surface area contributed by atoms with Crippen LogP contribution in [0, 0.1) is 5.82 Å². The lowest BCUT2D eigenvalue weighted by Crippen LogP contribution is -2.17. The molecule has 0 aromatic heterocycles. The molecule has 3 N–H and O–H groups in total. The molecule has 0 spiro atoms. The van der Waals surface area contributed by atoms with Crippen LogP contribution in [0.25, 0.3) is 0 Å². The van der Waals surface area contributed by atoms with Gasteiger partial charge in [-0.3, -0.25) is 4.79 Å². The lowest BCUT2D eigenvalue weighted by molar-refractivity contribution is -0.120. The first-order valence-electron chi connectivity index (χ1n) is 4.52. The third-order valence-electron chi connectivity index (χ3n) is 1.84. The fourth-order valence-corrected chi connectivity index (χ4v) is 1.95. The second-order valence-corrected chi connectivity index (χ2v) is 4.09. The number of thioether (sulfide) groups is 1. The van der Waals surface area contributed by atoms with E-state index in [0.717, 1.165) is 0 Å². The Balaban J connectivity index is 2.50. The van der Waals surface area contributed by atoms with Crippen molar-refractivity contribution in [2.45, 2.75) is 11.3 Å². The number of carbonyl (C=O) groups is 1. The number of hydrogen-bond donors (Lipinski definition) is 2. The van der Waals surface area contributed by atoms with Gasteiger partial charge in [-0.2, -0.15) is 0 Å². The maximum Gasteiger partial charge on any atom is 0.220 e. The summed E-state index contributed by atoms with van der Waals surface area (Å²) in [6.45, 7) is 0. The van der Waals surface area contributed by atoms with Crippen molar-refractivity contribution in [3.63, 3.8) is 0 Å². The zero-order chi connectivity index (χ0) is 11.3. The predicted octanol–water partition coefficient (Wildman–Crippen LogP) is 1.64. The summed E-state index contributed by atoms with van der Waals surface area (Å²) >= 11 is 1.38. The summed E-state index contributed by atoms with van der Waals surface area (Å²) in [5.74, 6) is 0.247. The Kier molecular flexibility index (Phi) is 4.42. The van der Waals surface area contributed by atoms with Crippen molar-refractivity contribution in [3.05, 3.63) is 24.0 Å². The van der Waals surface area contributed by atoms with Gasteiger partial charge in [-0.15, -0.1) is 11.8 Å². The van der Waals surface area contributed by atoms with E-state index in [1.54, 1.807) is 7.05 Å². The van der Waals surface area contributed by atoms with Gasteiger partial charge in [0.15, 0.2) is 0 Å². The van der Waals surface area contributed by atoms with Gasteiger partial charge in [0.25, 0.3) is 0 Å². The fraction of sp³-hybridized carbons (Fsp3) is 0.300. The highest BCUT2D eigenvalue weighted by Gasteiger charge is 2.03. The van der Waals surface area contributed by atoms with Crippen molar-refractivity contribution in [3.8, 4) is 0 Å². The maximum absolute atomic E-state index is 12.9. The Morgan fingerprint density at radius 1 is 1.60 bits per heavy atom. The number of anilines is 1. The van der Waals surface area contributed by atoms with Crippen LogP contribution in [0.2, 0.25) is 0 Å². The molecule has 15 heavy (non-hydrogen) atoms. The van der Waals surface area contributed by atoms with Gasteiger partial charge in [0, 0.05) is 29.8 Å². The number of carbonyl (C=O) groups excluding carboxylic acids is 1. The Labute approximate surface area is 92.2 Å². The predicted molar refractivity (Wildman–Crippen MR) is 60.2 cm³/mol. The van der Waals surface area contributed by atoms with Crippen LogP contribution in [0.4, 0.5) is 10.1 Å².